The van der Waals surface area contributed by atoms with Crippen molar-refractivity contribution in [2.24, 2.45) is 0 Å². The standard InChI is InChI=1S/C34H43N7O5/c42-31(39-18-16-38(17-19-39)25-7-2-1-3-8-25)29(20-23-10-11-28-30(21-23)46-34(45)37-28)36-32(43)40-14-12-26(13-15-40)41-22-24-6-4-5-9-27(24)35-33(41)44/h4-6,9-11,21,25-26,29H,1-3,7-8,12-20,22H2,(H,35,44)(H,36,43)(H,37,45)/t29-/m1/s1. The lowest BCUT2D eigenvalue weighted by Crippen LogP contribution is -2.59. The second-order valence-corrected chi connectivity index (χ2v) is 13.1. The topological polar surface area (TPSA) is 134 Å². The third-order valence-electron chi connectivity index (χ3n) is 10.3. The number of oxazole rings is 1. The zero-order valence-corrected chi connectivity index (χ0v) is 26.2. The van der Waals surface area contributed by atoms with Gasteiger partial charge in [0.05, 0.1) is 5.52 Å². The highest BCUT2D eigenvalue weighted by atomic mass is 16.4. The molecular formula is C34H43N7O5. The summed E-state index contributed by atoms with van der Waals surface area (Å²) in [4.78, 5) is 62.9. The third kappa shape index (κ3) is 6.48. The summed E-state index contributed by atoms with van der Waals surface area (Å²) < 4.78 is 5.26. The van der Waals surface area contributed by atoms with Gasteiger partial charge in [0.2, 0.25) is 5.91 Å². The molecule has 1 atom stereocenters. The lowest BCUT2D eigenvalue weighted by atomic mass is 9.93. The molecule has 12 heteroatoms. The number of likely N-dealkylation sites (tertiary alicyclic amines) is 1. The van der Waals surface area contributed by atoms with Crippen LogP contribution in [0.2, 0.25) is 0 Å². The molecule has 244 valence electrons. The number of para-hydroxylation sites is 1. The number of aromatic nitrogens is 1. The molecule has 3 N–H and O–H groups in total. The van der Waals surface area contributed by atoms with Gasteiger partial charge in [0.1, 0.15) is 6.04 Å². The number of amides is 5. The van der Waals surface area contributed by atoms with Crippen LogP contribution in [0.1, 0.15) is 56.1 Å². The Balaban J connectivity index is 1.00. The second kappa shape index (κ2) is 13.2. The molecule has 12 nitrogen and oxygen atoms in total. The summed E-state index contributed by atoms with van der Waals surface area (Å²) in [5.74, 6) is -0.621. The predicted octanol–water partition coefficient (Wildman–Crippen LogP) is 3.73. The summed E-state index contributed by atoms with van der Waals surface area (Å²) in [6.07, 6.45) is 7.94. The van der Waals surface area contributed by atoms with Crippen molar-refractivity contribution in [1.82, 2.24) is 29.9 Å². The SMILES string of the molecule is O=C(N[C@H](Cc1ccc2[nH]c(=O)oc2c1)C(=O)N1CCN(C2CCCCC2)CC1)N1CCC(N2Cc3ccccc3NC2=O)CC1. The smallest absolute Gasteiger partial charge is 0.408 e. The molecule has 7 rings (SSSR count). The minimum atomic E-state index is -0.765. The summed E-state index contributed by atoms with van der Waals surface area (Å²) in [5.41, 5.74) is 3.75. The zero-order chi connectivity index (χ0) is 31.6. The van der Waals surface area contributed by atoms with Crippen molar-refractivity contribution in [3.05, 3.63) is 64.1 Å². The Morgan fingerprint density at radius 3 is 2.41 bits per heavy atom. The van der Waals surface area contributed by atoms with Crippen LogP contribution in [-0.4, -0.2) is 99.9 Å². The van der Waals surface area contributed by atoms with E-state index in [4.69, 9.17) is 4.42 Å². The molecule has 0 bridgehead atoms. The first kappa shape index (κ1) is 30.3. The highest BCUT2D eigenvalue weighted by molar-refractivity contribution is 5.92. The molecule has 0 spiro atoms. The number of carbonyl (C=O) groups is 3. The molecule has 1 aromatic heterocycles. The molecule has 3 aromatic rings. The number of nitrogens with one attached hydrogen (secondary N) is 3. The van der Waals surface area contributed by atoms with E-state index in [-0.39, 0.29) is 30.4 Å². The molecule has 3 aliphatic heterocycles. The largest absolute Gasteiger partial charge is 0.417 e. The van der Waals surface area contributed by atoms with Gasteiger partial charge >= 0.3 is 17.8 Å². The predicted molar refractivity (Wildman–Crippen MR) is 173 cm³/mol. The number of hydrogen-bond donors (Lipinski definition) is 3. The van der Waals surface area contributed by atoms with E-state index in [9.17, 15) is 19.2 Å². The molecule has 5 amide bonds. The van der Waals surface area contributed by atoms with Crippen molar-refractivity contribution < 1.29 is 18.8 Å². The van der Waals surface area contributed by atoms with Gasteiger partial charge in [0.25, 0.3) is 0 Å². The normalized spacial score (nSPS) is 20.8. The molecule has 0 radical (unpaired) electrons. The Morgan fingerprint density at radius 1 is 0.870 bits per heavy atom. The minimum absolute atomic E-state index is 0.0260. The van der Waals surface area contributed by atoms with Crippen molar-refractivity contribution in [1.29, 1.82) is 0 Å². The maximum atomic E-state index is 14.0. The van der Waals surface area contributed by atoms with Crippen molar-refractivity contribution in [2.75, 3.05) is 44.6 Å². The molecule has 2 aromatic carbocycles. The van der Waals surface area contributed by atoms with E-state index in [1.807, 2.05) is 40.1 Å². The first-order chi connectivity index (χ1) is 22.4. The van der Waals surface area contributed by atoms with E-state index in [1.165, 1.54) is 32.1 Å². The van der Waals surface area contributed by atoms with Crippen LogP contribution < -0.4 is 16.4 Å². The number of H-pyrrole nitrogens is 1. The van der Waals surface area contributed by atoms with Gasteiger partial charge < -0.3 is 29.8 Å². The van der Waals surface area contributed by atoms with Gasteiger partial charge in [0, 0.05) is 70.0 Å². The average Bonchev–Trinajstić information content (AvgIpc) is 3.47. The average molecular weight is 630 g/mol. The first-order valence-electron chi connectivity index (χ1n) is 16.8. The number of piperidine rings is 1. The van der Waals surface area contributed by atoms with Gasteiger partial charge in [-0.1, -0.05) is 43.5 Å². The summed E-state index contributed by atoms with van der Waals surface area (Å²) in [7, 11) is 0. The molecule has 1 aliphatic carbocycles. The van der Waals surface area contributed by atoms with E-state index < -0.39 is 11.8 Å². The number of piperazine rings is 1. The van der Waals surface area contributed by atoms with Crippen molar-refractivity contribution in [3.8, 4) is 0 Å². The molecular weight excluding hydrogens is 586 g/mol. The Morgan fingerprint density at radius 2 is 1.63 bits per heavy atom. The van der Waals surface area contributed by atoms with Crippen LogP contribution >= 0.6 is 0 Å². The Bertz CT molecular complexity index is 1630. The monoisotopic (exact) mass is 629 g/mol. The van der Waals surface area contributed by atoms with Crippen molar-refractivity contribution in [2.45, 2.75) is 76.0 Å². The van der Waals surface area contributed by atoms with Crippen molar-refractivity contribution >= 4 is 34.8 Å². The minimum Gasteiger partial charge on any atom is -0.408 e. The number of fused-ring (bicyclic) bond motifs is 2. The number of carbonyl (C=O) groups excluding carboxylic acids is 3. The Labute approximate surface area is 268 Å². The number of benzene rings is 2. The van der Waals surface area contributed by atoms with Crippen LogP contribution in [-0.2, 0) is 17.8 Å². The van der Waals surface area contributed by atoms with Crippen LogP contribution in [0.4, 0.5) is 15.3 Å². The maximum Gasteiger partial charge on any atom is 0.417 e. The van der Waals surface area contributed by atoms with E-state index >= 15 is 0 Å². The lowest BCUT2D eigenvalue weighted by Gasteiger charge is -2.42. The Hall–Kier alpha value is -4.32. The highest BCUT2D eigenvalue weighted by Gasteiger charge is 2.35. The fourth-order valence-electron chi connectivity index (χ4n) is 7.66. The van der Waals surface area contributed by atoms with Crippen LogP contribution in [0.3, 0.4) is 0 Å². The number of aromatic amines is 1. The lowest BCUT2D eigenvalue weighted by molar-refractivity contribution is -0.135. The van der Waals surface area contributed by atoms with E-state index in [1.54, 1.807) is 17.0 Å². The van der Waals surface area contributed by atoms with E-state index in [2.05, 4.69) is 20.5 Å². The van der Waals surface area contributed by atoms with Crippen LogP contribution in [0, 0.1) is 0 Å². The van der Waals surface area contributed by atoms with Crippen LogP contribution in [0.25, 0.3) is 11.1 Å². The molecule has 46 heavy (non-hydrogen) atoms. The van der Waals surface area contributed by atoms with Crippen LogP contribution in [0.15, 0.2) is 51.7 Å². The Kier molecular flexibility index (Phi) is 8.70. The van der Waals surface area contributed by atoms with Crippen molar-refractivity contribution in [3.63, 3.8) is 0 Å². The maximum absolute atomic E-state index is 14.0. The molecule has 4 aliphatic rings. The number of anilines is 1. The number of rotatable bonds is 6. The molecule has 1 saturated carbocycles. The van der Waals surface area contributed by atoms with Gasteiger partial charge in [0.15, 0.2) is 5.58 Å². The summed E-state index contributed by atoms with van der Waals surface area (Å²) in [6.45, 7) is 4.50. The van der Waals surface area contributed by atoms with E-state index in [0.29, 0.717) is 62.7 Å². The zero-order valence-electron chi connectivity index (χ0n) is 26.2. The highest BCUT2D eigenvalue weighted by Crippen LogP contribution is 2.28. The fraction of sp³-hybridized carbons (Fsp3) is 0.529. The van der Waals surface area contributed by atoms with Gasteiger partial charge in [-0.15, -0.1) is 0 Å². The number of urea groups is 2. The second-order valence-electron chi connectivity index (χ2n) is 13.1. The first-order valence-corrected chi connectivity index (χ1v) is 16.8. The van der Waals surface area contributed by atoms with Gasteiger partial charge in [-0.05, 0) is 55.0 Å². The molecule has 3 fully saturated rings. The summed E-state index contributed by atoms with van der Waals surface area (Å²) in [6, 6.07) is 12.7. The van der Waals surface area contributed by atoms with Gasteiger partial charge in [-0.2, -0.15) is 0 Å². The molecule has 0 unspecified atom stereocenters. The van der Waals surface area contributed by atoms with Gasteiger partial charge in [-0.25, -0.2) is 14.4 Å². The molecule has 2 saturated heterocycles. The van der Waals surface area contributed by atoms with Gasteiger partial charge in [-0.3, -0.25) is 14.7 Å². The summed E-state index contributed by atoms with van der Waals surface area (Å²) >= 11 is 0. The fourth-order valence-corrected chi connectivity index (χ4v) is 7.66. The third-order valence-corrected chi connectivity index (χ3v) is 10.3. The van der Waals surface area contributed by atoms with Crippen LogP contribution in [0.5, 0.6) is 0 Å². The number of nitrogens with zero attached hydrogens (tertiary/aromatic N) is 4. The number of hydrogen-bond acceptors (Lipinski definition) is 6. The quantitative estimate of drug-likeness (QED) is 0.381. The summed E-state index contributed by atoms with van der Waals surface area (Å²) in [5, 5.41) is 6.06. The molecule has 4 heterocycles. The van der Waals surface area contributed by atoms with E-state index in [0.717, 1.165) is 29.9 Å².